The van der Waals surface area contributed by atoms with Gasteiger partial charge in [0, 0.05) is 31.7 Å². The van der Waals surface area contributed by atoms with Gasteiger partial charge < -0.3 is 9.42 Å². The van der Waals surface area contributed by atoms with Crippen molar-refractivity contribution in [1.82, 2.24) is 14.4 Å². The summed E-state index contributed by atoms with van der Waals surface area (Å²) < 4.78 is 32.5. The summed E-state index contributed by atoms with van der Waals surface area (Å²) in [5.41, 5.74) is 2.36. The van der Waals surface area contributed by atoms with E-state index in [-0.39, 0.29) is 10.8 Å². The van der Waals surface area contributed by atoms with Crippen LogP contribution in [0.4, 0.5) is 0 Å². The molecule has 2 aliphatic rings. The predicted octanol–water partition coefficient (Wildman–Crippen LogP) is 3.17. The number of carbonyl (C=O) groups excluding carboxylic acids is 1. The number of rotatable bonds is 5. The number of amides is 1. The molecule has 1 aromatic heterocycles. The normalized spacial score (nSPS) is 18.8. The maximum absolute atomic E-state index is 13.0. The third kappa shape index (κ3) is 4.16. The zero-order chi connectivity index (χ0) is 21.3. The van der Waals surface area contributed by atoms with E-state index in [1.165, 1.54) is 5.56 Å². The van der Waals surface area contributed by atoms with Crippen LogP contribution in [0.1, 0.15) is 53.1 Å². The molecule has 0 aliphatic carbocycles. The Labute approximate surface area is 178 Å². The van der Waals surface area contributed by atoms with E-state index >= 15 is 0 Å². The summed E-state index contributed by atoms with van der Waals surface area (Å²) in [5, 5.41) is 3.78. The molecule has 30 heavy (non-hydrogen) atoms. The smallest absolute Gasteiger partial charge is 0.253 e. The van der Waals surface area contributed by atoms with E-state index in [0.717, 1.165) is 50.8 Å². The van der Waals surface area contributed by atoms with Crippen molar-refractivity contribution in [2.45, 2.75) is 50.8 Å². The number of benzene rings is 1. The Morgan fingerprint density at radius 2 is 1.70 bits per heavy atom. The summed E-state index contributed by atoms with van der Waals surface area (Å²) >= 11 is 0. The van der Waals surface area contributed by atoms with Gasteiger partial charge in [-0.25, -0.2) is 8.42 Å². The third-order valence-corrected chi connectivity index (χ3v) is 8.40. The zero-order valence-corrected chi connectivity index (χ0v) is 18.5. The molecule has 162 valence electrons. The van der Waals surface area contributed by atoms with Gasteiger partial charge in [-0.05, 0) is 69.6 Å². The van der Waals surface area contributed by atoms with Gasteiger partial charge in [-0.15, -0.1) is 0 Å². The summed E-state index contributed by atoms with van der Waals surface area (Å²) in [6, 6.07) is 7.92. The number of hydrogen-bond donors (Lipinski definition) is 0. The van der Waals surface area contributed by atoms with Crippen molar-refractivity contribution in [3.8, 4) is 0 Å². The monoisotopic (exact) mass is 431 g/mol. The number of hydrogen-bond acceptors (Lipinski definition) is 5. The topological polar surface area (TPSA) is 83.7 Å². The van der Waals surface area contributed by atoms with Gasteiger partial charge in [0.25, 0.3) is 5.91 Å². The SMILES string of the molecule is Cc1noc(C)c1S(=O)(=O)N1CCC(Cc2ccc(C(=O)N3CCCC3)cc2)CC1. The summed E-state index contributed by atoms with van der Waals surface area (Å²) in [6.45, 7) is 6.02. The standard InChI is InChI=1S/C22H29N3O4S/c1-16-21(17(2)29-23-16)30(27,28)25-13-9-19(10-14-25)15-18-5-7-20(8-6-18)22(26)24-11-3-4-12-24/h5-8,19H,3-4,9-15H2,1-2H3. The molecule has 0 bridgehead atoms. The van der Waals surface area contributed by atoms with Crippen LogP contribution in [0.3, 0.4) is 0 Å². The lowest BCUT2D eigenvalue weighted by atomic mass is 9.90. The Hall–Kier alpha value is -2.19. The van der Waals surface area contributed by atoms with E-state index in [0.29, 0.717) is 30.5 Å². The molecular formula is C22H29N3O4S. The number of carbonyl (C=O) groups is 1. The molecule has 2 saturated heterocycles. The predicted molar refractivity (Wildman–Crippen MR) is 113 cm³/mol. The minimum absolute atomic E-state index is 0.122. The second kappa shape index (κ2) is 8.51. The van der Waals surface area contributed by atoms with Crippen molar-refractivity contribution in [2.75, 3.05) is 26.2 Å². The lowest BCUT2D eigenvalue weighted by Gasteiger charge is -2.31. The van der Waals surface area contributed by atoms with Crippen molar-refractivity contribution in [1.29, 1.82) is 0 Å². The molecule has 3 heterocycles. The highest BCUT2D eigenvalue weighted by atomic mass is 32.2. The molecule has 4 rings (SSSR count). The van der Waals surface area contributed by atoms with E-state index in [4.69, 9.17) is 4.52 Å². The highest BCUT2D eigenvalue weighted by Gasteiger charge is 2.33. The quantitative estimate of drug-likeness (QED) is 0.726. The van der Waals surface area contributed by atoms with Crippen LogP contribution < -0.4 is 0 Å². The molecule has 0 atom stereocenters. The van der Waals surface area contributed by atoms with Crippen LogP contribution in [0.15, 0.2) is 33.7 Å². The van der Waals surface area contributed by atoms with Crippen molar-refractivity contribution in [2.24, 2.45) is 5.92 Å². The van der Waals surface area contributed by atoms with Gasteiger partial charge in [-0.2, -0.15) is 4.31 Å². The fourth-order valence-electron chi connectivity index (χ4n) is 4.55. The maximum atomic E-state index is 13.0. The van der Waals surface area contributed by atoms with Gasteiger partial charge in [-0.3, -0.25) is 4.79 Å². The largest absolute Gasteiger partial charge is 0.360 e. The molecule has 0 spiro atoms. The van der Waals surface area contributed by atoms with Gasteiger partial charge in [0.2, 0.25) is 10.0 Å². The van der Waals surface area contributed by atoms with Crippen LogP contribution in [0.25, 0.3) is 0 Å². The first kappa shape index (κ1) is 21.1. The fourth-order valence-corrected chi connectivity index (χ4v) is 6.31. The first-order chi connectivity index (χ1) is 14.4. The molecule has 2 aliphatic heterocycles. The molecule has 8 heteroatoms. The Kier molecular flexibility index (Phi) is 5.97. The number of likely N-dealkylation sites (tertiary alicyclic amines) is 1. The van der Waals surface area contributed by atoms with Gasteiger partial charge in [-0.1, -0.05) is 17.3 Å². The molecule has 2 aromatic rings. The maximum Gasteiger partial charge on any atom is 0.253 e. The second-order valence-electron chi connectivity index (χ2n) is 8.40. The molecule has 2 fully saturated rings. The molecule has 0 radical (unpaired) electrons. The zero-order valence-electron chi connectivity index (χ0n) is 17.6. The summed E-state index contributed by atoms with van der Waals surface area (Å²) in [4.78, 5) is 14.6. The molecular weight excluding hydrogens is 402 g/mol. The van der Waals surface area contributed by atoms with E-state index in [2.05, 4.69) is 5.16 Å². The van der Waals surface area contributed by atoms with Crippen molar-refractivity contribution in [3.05, 3.63) is 46.8 Å². The first-order valence-corrected chi connectivity index (χ1v) is 12.1. The minimum Gasteiger partial charge on any atom is -0.360 e. The minimum atomic E-state index is -3.56. The lowest BCUT2D eigenvalue weighted by molar-refractivity contribution is 0.0793. The van der Waals surface area contributed by atoms with Crippen LogP contribution in [-0.2, 0) is 16.4 Å². The third-order valence-electron chi connectivity index (χ3n) is 6.26. The molecule has 7 nitrogen and oxygen atoms in total. The Morgan fingerprint density at radius 3 is 2.27 bits per heavy atom. The van der Waals surface area contributed by atoms with Crippen LogP contribution >= 0.6 is 0 Å². The summed E-state index contributed by atoms with van der Waals surface area (Å²) in [5.74, 6) is 0.899. The van der Waals surface area contributed by atoms with Crippen molar-refractivity contribution >= 4 is 15.9 Å². The summed E-state index contributed by atoms with van der Waals surface area (Å²) in [6.07, 6.45) is 4.72. The van der Waals surface area contributed by atoms with Gasteiger partial charge in [0.15, 0.2) is 5.76 Å². The number of aromatic nitrogens is 1. The molecule has 1 aromatic carbocycles. The molecule has 0 unspecified atom stereocenters. The highest BCUT2D eigenvalue weighted by molar-refractivity contribution is 7.89. The second-order valence-corrected chi connectivity index (χ2v) is 10.3. The molecule has 0 N–H and O–H groups in total. The van der Waals surface area contributed by atoms with E-state index < -0.39 is 10.0 Å². The Bertz CT molecular complexity index is 980. The molecule has 0 saturated carbocycles. The average Bonchev–Trinajstić information content (AvgIpc) is 3.38. The van der Waals surface area contributed by atoms with Crippen molar-refractivity contribution in [3.63, 3.8) is 0 Å². The first-order valence-electron chi connectivity index (χ1n) is 10.7. The average molecular weight is 432 g/mol. The number of piperidine rings is 1. The van der Waals surface area contributed by atoms with Gasteiger partial charge in [0.1, 0.15) is 10.6 Å². The number of aryl methyl sites for hydroxylation is 2. The fraction of sp³-hybridized carbons (Fsp3) is 0.545. The number of nitrogens with zero attached hydrogens (tertiary/aromatic N) is 3. The van der Waals surface area contributed by atoms with E-state index in [9.17, 15) is 13.2 Å². The van der Waals surface area contributed by atoms with Crippen LogP contribution in [-0.4, -0.2) is 54.9 Å². The van der Waals surface area contributed by atoms with E-state index in [1.807, 2.05) is 29.2 Å². The van der Waals surface area contributed by atoms with E-state index in [1.54, 1.807) is 18.2 Å². The molecule has 1 amide bonds. The van der Waals surface area contributed by atoms with Crippen LogP contribution in [0.5, 0.6) is 0 Å². The van der Waals surface area contributed by atoms with Gasteiger partial charge in [0.05, 0.1) is 0 Å². The highest BCUT2D eigenvalue weighted by Crippen LogP contribution is 2.29. The van der Waals surface area contributed by atoms with Crippen LogP contribution in [0, 0.1) is 19.8 Å². The Morgan fingerprint density at radius 1 is 1.07 bits per heavy atom. The van der Waals surface area contributed by atoms with Crippen molar-refractivity contribution < 1.29 is 17.7 Å². The lowest BCUT2D eigenvalue weighted by Crippen LogP contribution is -2.39. The number of sulfonamides is 1. The van der Waals surface area contributed by atoms with Crippen LogP contribution in [0.2, 0.25) is 0 Å². The van der Waals surface area contributed by atoms with Gasteiger partial charge >= 0.3 is 0 Å². The Balaban J connectivity index is 1.34. The summed E-state index contributed by atoms with van der Waals surface area (Å²) in [7, 11) is -3.56.